The Balaban J connectivity index is 1.65. The van der Waals surface area contributed by atoms with Crippen molar-refractivity contribution in [3.05, 3.63) is 69.9 Å². The summed E-state index contributed by atoms with van der Waals surface area (Å²) in [4.78, 5) is 20.9. The summed E-state index contributed by atoms with van der Waals surface area (Å²) in [6, 6.07) is 9.79. The van der Waals surface area contributed by atoms with E-state index in [4.69, 9.17) is 10.5 Å². The molecule has 0 spiro atoms. The highest BCUT2D eigenvalue weighted by molar-refractivity contribution is 7.80. The van der Waals surface area contributed by atoms with Crippen LogP contribution in [0.3, 0.4) is 0 Å². The van der Waals surface area contributed by atoms with Crippen LogP contribution in [-0.4, -0.2) is 36.0 Å². The number of nitro groups is 1. The van der Waals surface area contributed by atoms with E-state index in [1.807, 2.05) is 0 Å². The molecule has 4 N–H and O–H groups in total. The van der Waals surface area contributed by atoms with Crippen LogP contribution in [0, 0.1) is 10.1 Å². The van der Waals surface area contributed by atoms with Gasteiger partial charge in [-0.25, -0.2) is 8.89 Å². The number of fused-ring (bicyclic) bond motifs is 1. The molecule has 11 nitrogen and oxygen atoms in total. The molecule has 1 aliphatic heterocycles. The van der Waals surface area contributed by atoms with Gasteiger partial charge in [-0.3, -0.25) is 20.6 Å². The fraction of sp³-hybridized carbons (Fsp3) is 0.300. The lowest BCUT2D eigenvalue weighted by Crippen LogP contribution is -2.56. The maximum Gasteiger partial charge on any atom is 0.270 e. The topological polar surface area (TPSA) is 163 Å². The van der Waals surface area contributed by atoms with E-state index in [1.54, 1.807) is 23.0 Å². The molecule has 0 saturated carbocycles. The normalized spacial score (nSPS) is 19.2. The predicted octanol–water partition coefficient (Wildman–Crippen LogP) is 2.36. The number of nitrogens with one attached hydrogen (secondary N) is 1. The molecule has 3 atom stereocenters. The van der Waals surface area contributed by atoms with Crippen molar-refractivity contribution >= 4 is 33.6 Å². The zero-order valence-corrected chi connectivity index (χ0v) is 17.7. The van der Waals surface area contributed by atoms with E-state index in [0.717, 1.165) is 30.8 Å². The Morgan fingerprint density at radius 2 is 2.16 bits per heavy atom. The van der Waals surface area contributed by atoms with Gasteiger partial charge in [0.25, 0.3) is 11.6 Å². The molecule has 3 unspecified atom stereocenters. The highest BCUT2D eigenvalue weighted by Gasteiger charge is 2.37. The van der Waals surface area contributed by atoms with E-state index < -0.39 is 26.9 Å². The summed E-state index contributed by atoms with van der Waals surface area (Å²) < 4.78 is 29.6. The number of carbonyl (C=O) groups is 1. The number of nitrogens with zero attached hydrogens (tertiary/aromatic N) is 3. The molecule has 12 heteroatoms. The number of rotatable bonds is 6. The van der Waals surface area contributed by atoms with Crippen LogP contribution in [-0.2, 0) is 20.8 Å². The molecule has 2 aromatic carbocycles. The average Bonchev–Trinajstić information content (AvgIpc) is 3.23. The first-order chi connectivity index (χ1) is 15.3. The Morgan fingerprint density at radius 1 is 1.34 bits per heavy atom. The number of amides is 1. The summed E-state index contributed by atoms with van der Waals surface area (Å²) in [6.45, 7) is 0.656. The van der Waals surface area contributed by atoms with Crippen molar-refractivity contribution < 1.29 is 23.2 Å². The molecule has 1 saturated heterocycles. The Hall–Kier alpha value is -3.19. The minimum absolute atomic E-state index is 0.0668. The molecule has 168 valence electrons. The summed E-state index contributed by atoms with van der Waals surface area (Å²) in [5.41, 5.74) is 6.75. The van der Waals surface area contributed by atoms with Gasteiger partial charge in [-0.1, -0.05) is 12.1 Å². The van der Waals surface area contributed by atoms with E-state index >= 15 is 0 Å². The molecule has 1 aromatic heterocycles. The molecule has 0 aliphatic carbocycles. The van der Waals surface area contributed by atoms with Crippen molar-refractivity contribution in [3.63, 3.8) is 0 Å². The third-order valence-corrected chi connectivity index (χ3v) is 6.24. The Bertz CT molecular complexity index is 1210. The second-order valence-electron chi connectivity index (χ2n) is 7.43. The lowest BCUT2D eigenvalue weighted by atomic mass is 10.1. The van der Waals surface area contributed by atoms with Crippen LogP contribution in [0.2, 0.25) is 0 Å². The lowest BCUT2D eigenvalue weighted by Gasteiger charge is -2.27. The van der Waals surface area contributed by atoms with Gasteiger partial charge in [-0.05, 0) is 37.5 Å². The predicted molar refractivity (Wildman–Crippen MR) is 116 cm³/mol. The van der Waals surface area contributed by atoms with Crippen molar-refractivity contribution in [2.24, 2.45) is 5.73 Å². The molecule has 1 fully saturated rings. The first-order valence-corrected chi connectivity index (χ1v) is 11.0. The monoisotopic (exact) mass is 459 g/mol. The first kappa shape index (κ1) is 22.0. The number of non-ortho nitro benzene ring substituents is 1. The highest BCUT2D eigenvalue weighted by atomic mass is 32.2. The van der Waals surface area contributed by atoms with Crippen LogP contribution >= 0.6 is 0 Å². The fourth-order valence-electron chi connectivity index (χ4n) is 3.65. The van der Waals surface area contributed by atoms with E-state index in [2.05, 4.69) is 10.4 Å². The van der Waals surface area contributed by atoms with Gasteiger partial charge >= 0.3 is 0 Å². The molecular weight excluding hydrogens is 438 g/mol. The van der Waals surface area contributed by atoms with Crippen LogP contribution in [0.15, 0.2) is 48.7 Å². The van der Waals surface area contributed by atoms with Crippen molar-refractivity contribution in [3.8, 4) is 0 Å². The smallest absolute Gasteiger partial charge is 0.270 e. The van der Waals surface area contributed by atoms with Crippen LogP contribution in [0.1, 0.15) is 41.4 Å². The summed E-state index contributed by atoms with van der Waals surface area (Å²) >= 11 is -2.71. The zero-order valence-electron chi connectivity index (χ0n) is 16.8. The van der Waals surface area contributed by atoms with Crippen molar-refractivity contribution in [2.75, 3.05) is 6.61 Å². The standard InChI is InChI=1S/C20H21N5O6S/c21-20(32(29)30,23-19(26)13-4-3-5-16(11-13)25(27)28)15-7-8-17-14(10-15)12-22-24(17)18-6-1-2-9-31-18/h3-5,7-8,10-12,18H,1-2,6,9,21H2,(H,23,26)(H,29,30). The van der Waals surface area contributed by atoms with E-state index in [0.29, 0.717) is 12.0 Å². The second kappa shape index (κ2) is 8.74. The van der Waals surface area contributed by atoms with Gasteiger partial charge in [0.1, 0.15) is 0 Å². The van der Waals surface area contributed by atoms with E-state index in [9.17, 15) is 23.7 Å². The largest absolute Gasteiger partial charge is 0.356 e. The number of hydrogen-bond donors (Lipinski definition) is 3. The molecule has 0 radical (unpaired) electrons. The average molecular weight is 459 g/mol. The molecule has 1 amide bonds. The second-order valence-corrected chi connectivity index (χ2v) is 8.57. The Labute approximate surface area is 185 Å². The molecule has 3 aromatic rings. The van der Waals surface area contributed by atoms with Crippen LogP contribution in [0.5, 0.6) is 0 Å². The highest BCUT2D eigenvalue weighted by Crippen LogP contribution is 2.29. The quantitative estimate of drug-likeness (QED) is 0.219. The molecule has 2 heterocycles. The fourth-order valence-corrected chi connectivity index (χ4v) is 4.16. The minimum atomic E-state index is -2.71. The molecule has 32 heavy (non-hydrogen) atoms. The molecule has 1 aliphatic rings. The number of aromatic nitrogens is 2. The van der Waals surface area contributed by atoms with Crippen molar-refractivity contribution in [1.82, 2.24) is 15.1 Å². The molecular formula is C20H21N5O6S. The number of carbonyl (C=O) groups excluding carboxylic acids is 1. The van der Waals surface area contributed by atoms with Gasteiger partial charge in [0.05, 0.1) is 16.6 Å². The van der Waals surface area contributed by atoms with Gasteiger partial charge in [0.2, 0.25) is 4.99 Å². The van der Waals surface area contributed by atoms with E-state index in [-0.39, 0.29) is 23.0 Å². The zero-order chi connectivity index (χ0) is 22.9. The van der Waals surface area contributed by atoms with Gasteiger partial charge in [-0.2, -0.15) is 5.10 Å². The number of ether oxygens (including phenoxy) is 1. The number of hydrogen-bond acceptors (Lipinski definition) is 7. The van der Waals surface area contributed by atoms with Gasteiger partial charge in [-0.15, -0.1) is 0 Å². The van der Waals surface area contributed by atoms with Gasteiger partial charge in [0, 0.05) is 35.3 Å². The lowest BCUT2D eigenvalue weighted by molar-refractivity contribution is -0.384. The Morgan fingerprint density at radius 3 is 2.84 bits per heavy atom. The third kappa shape index (κ3) is 4.12. The van der Waals surface area contributed by atoms with Crippen molar-refractivity contribution in [1.29, 1.82) is 0 Å². The summed E-state index contributed by atoms with van der Waals surface area (Å²) in [7, 11) is 0. The van der Waals surface area contributed by atoms with E-state index in [1.165, 1.54) is 24.3 Å². The summed E-state index contributed by atoms with van der Waals surface area (Å²) in [5, 5.41) is 18.4. The number of nitrogens with two attached hydrogens (primary N) is 1. The number of nitro benzene ring substituents is 1. The maximum atomic E-state index is 12.7. The van der Waals surface area contributed by atoms with Crippen molar-refractivity contribution in [2.45, 2.75) is 30.5 Å². The molecule has 4 rings (SSSR count). The van der Waals surface area contributed by atoms with Crippen LogP contribution in [0.4, 0.5) is 5.69 Å². The summed E-state index contributed by atoms with van der Waals surface area (Å²) in [5.74, 6) is -0.829. The van der Waals surface area contributed by atoms with Gasteiger partial charge in [0.15, 0.2) is 17.3 Å². The summed E-state index contributed by atoms with van der Waals surface area (Å²) in [6.07, 6.45) is 4.28. The maximum absolute atomic E-state index is 12.7. The Kier molecular flexibility index (Phi) is 6.02. The molecule has 0 bridgehead atoms. The number of benzene rings is 2. The first-order valence-electron chi connectivity index (χ1n) is 9.86. The minimum Gasteiger partial charge on any atom is -0.356 e. The SMILES string of the molecule is NC(NC(=O)c1cccc([N+](=O)[O-])c1)(c1ccc2c(cnn2C2CCCCO2)c1)S(=O)O. The van der Waals surface area contributed by atoms with Gasteiger partial charge < -0.3 is 14.6 Å². The van der Waals surface area contributed by atoms with Crippen LogP contribution < -0.4 is 11.1 Å². The third-order valence-electron chi connectivity index (χ3n) is 5.35. The van der Waals surface area contributed by atoms with Crippen LogP contribution in [0.25, 0.3) is 10.9 Å².